The van der Waals surface area contributed by atoms with E-state index in [1.165, 1.54) is 31.6 Å². The Labute approximate surface area is 106 Å². The SMILES string of the molecule is COc1ncc(-c2cc(N)cc(Br)c2F)cn1. The third kappa shape index (κ3) is 2.36. The fourth-order valence-electron chi connectivity index (χ4n) is 1.38. The standard InChI is InChI=1S/C11H9BrFN3O/c1-17-11-15-4-6(5-16-11)8-2-7(14)3-9(12)10(8)13/h2-5H,14H2,1H3. The molecule has 0 saturated heterocycles. The number of nitrogens with zero attached hydrogens (tertiary/aromatic N) is 2. The van der Waals surface area contributed by atoms with Crippen molar-refractivity contribution in [1.82, 2.24) is 9.97 Å². The average molecular weight is 298 g/mol. The van der Waals surface area contributed by atoms with E-state index >= 15 is 0 Å². The highest BCUT2D eigenvalue weighted by molar-refractivity contribution is 9.10. The molecular weight excluding hydrogens is 289 g/mol. The molecule has 0 atom stereocenters. The molecule has 1 aromatic carbocycles. The maximum absolute atomic E-state index is 13.9. The maximum atomic E-state index is 13.9. The Bertz CT molecular complexity index is 545. The number of nitrogen functional groups attached to an aromatic ring is 1. The molecule has 0 radical (unpaired) electrons. The lowest BCUT2D eigenvalue weighted by Crippen LogP contribution is -1.95. The number of nitrogens with two attached hydrogens (primary N) is 1. The molecule has 0 fully saturated rings. The van der Waals surface area contributed by atoms with Gasteiger partial charge >= 0.3 is 6.01 Å². The molecule has 0 unspecified atom stereocenters. The zero-order chi connectivity index (χ0) is 12.4. The average Bonchev–Trinajstić information content (AvgIpc) is 2.34. The summed E-state index contributed by atoms with van der Waals surface area (Å²) in [6.07, 6.45) is 2.96. The summed E-state index contributed by atoms with van der Waals surface area (Å²) in [5, 5.41) is 0. The summed E-state index contributed by atoms with van der Waals surface area (Å²) in [5.41, 5.74) is 7.01. The highest BCUT2D eigenvalue weighted by atomic mass is 79.9. The van der Waals surface area contributed by atoms with Gasteiger partial charge in [0, 0.05) is 29.2 Å². The summed E-state index contributed by atoms with van der Waals surface area (Å²) in [6.45, 7) is 0. The molecule has 0 spiro atoms. The van der Waals surface area contributed by atoms with Crippen molar-refractivity contribution in [3.63, 3.8) is 0 Å². The van der Waals surface area contributed by atoms with Gasteiger partial charge in [-0.1, -0.05) is 0 Å². The molecule has 0 amide bonds. The first-order valence-corrected chi connectivity index (χ1v) is 5.52. The zero-order valence-electron chi connectivity index (χ0n) is 8.95. The number of hydrogen-bond donors (Lipinski definition) is 1. The molecule has 0 saturated carbocycles. The Morgan fingerprint density at radius 1 is 1.29 bits per heavy atom. The van der Waals surface area contributed by atoms with E-state index in [0.717, 1.165) is 0 Å². The Kier molecular flexibility index (Phi) is 3.23. The Hall–Kier alpha value is -1.69. The smallest absolute Gasteiger partial charge is 0.316 e. The summed E-state index contributed by atoms with van der Waals surface area (Å²) in [4.78, 5) is 7.84. The highest BCUT2D eigenvalue weighted by Gasteiger charge is 2.11. The Balaban J connectivity index is 2.52. The van der Waals surface area contributed by atoms with Crippen LogP contribution in [0.3, 0.4) is 0 Å². The molecule has 0 bridgehead atoms. The topological polar surface area (TPSA) is 61.0 Å². The zero-order valence-corrected chi connectivity index (χ0v) is 10.5. The van der Waals surface area contributed by atoms with Crippen LogP contribution in [0.4, 0.5) is 10.1 Å². The van der Waals surface area contributed by atoms with E-state index in [4.69, 9.17) is 10.5 Å². The number of aromatic nitrogens is 2. The monoisotopic (exact) mass is 297 g/mol. The van der Waals surface area contributed by atoms with Gasteiger partial charge in [-0.3, -0.25) is 0 Å². The second kappa shape index (κ2) is 4.67. The van der Waals surface area contributed by atoms with E-state index in [1.54, 1.807) is 0 Å². The summed E-state index contributed by atoms with van der Waals surface area (Å²) < 4.78 is 19.0. The maximum Gasteiger partial charge on any atom is 0.316 e. The van der Waals surface area contributed by atoms with Gasteiger partial charge in [0.15, 0.2) is 0 Å². The van der Waals surface area contributed by atoms with Crippen LogP contribution >= 0.6 is 15.9 Å². The van der Waals surface area contributed by atoms with Crippen LogP contribution in [0.15, 0.2) is 29.0 Å². The predicted octanol–water partition coefficient (Wildman–Crippen LogP) is 2.64. The fourth-order valence-corrected chi connectivity index (χ4v) is 1.86. The number of ether oxygens (including phenoxy) is 1. The van der Waals surface area contributed by atoms with Crippen molar-refractivity contribution in [2.45, 2.75) is 0 Å². The van der Waals surface area contributed by atoms with Crippen LogP contribution in [0.5, 0.6) is 6.01 Å². The molecule has 1 aromatic heterocycles. The molecule has 88 valence electrons. The van der Waals surface area contributed by atoms with Gasteiger partial charge in [-0.05, 0) is 28.1 Å². The number of halogens is 2. The molecule has 2 N–H and O–H groups in total. The van der Waals surface area contributed by atoms with Crippen molar-refractivity contribution in [2.75, 3.05) is 12.8 Å². The fraction of sp³-hybridized carbons (Fsp3) is 0.0909. The molecular formula is C11H9BrFN3O. The normalized spacial score (nSPS) is 10.3. The molecule has 1 heterocycles. The van der Waals surface area contributed by atoms with Crippen molar-refractivity contribution in [1.29, 1.82) is 0 Å². The molecule has 6 heteroatoms. The third-order valence-corrected chi connectivity index (χ3v) is 2.75. The van der Waals surface area contributed by atoms with Crippen molar-refractivity contribution >= 4 is 21.6 Å². The van der Waals surface area contributed by atoms with Gasteiger partial charge in [0.2, 0.25) is 0 Å². The molecule has 0 aliphatic rings. The molecule has 2 rings (SSSR count). The van der Waals surface area contributed by atoms with Crippen LogP contribution in [0, 0.1) is 5.82 Å². The van der Waals surface area contributed by atoms with E-state index < -0.39 is 5.82 Å². The first-order chi connectivity index (χ1) is 8.11. The molecule has 2 aromatic rings. The minimum absolute atomic E-state index is 0.233. The number of methoxy groups -OCH3 is 1. The minimum Gasteiger partial charge on any atom is -0.467 e. The summed E-state index contributed by atoms with van der Waals surface area (Å²) in [7, 11) is 1.46. The van der Waals surface area contributed by atoms with E-state index in [0.29, 0.717) is 21.3 Å². The lowest BCUT2D eigenvalue weighted by atomic mass is 10.1. The van der Waals surface area contributed by atoms with Crippen molar-refractivity contribution < 1.29 is 9.13 Å². The van der Waals surface area contributed by atoms with Crippen LogP contribution in [0.2, 0.25) is 0 Å². The van der Waals surface area contributed by atoms with Gasteiger partial charge < -0.3 is 10.5 Å². The number of benzene rings is 1. The highest BCUT2D eigenvalue weighted by Crippen LogP contribution is 2.30. The second-order valence-corrected chi connectivity index (χ2v) is 4.18. The van der Waals surface area contributed by atoms with Crippen molar-refractivity contribution in [2.24, 2.45) is 0 Å². The van der Waals surface area contributed by atoms with Gasteiger partial charge in [-0.2, -0.15) is 0 Å². The minimum atomic E-state index is -0.395. The summed E-state index contributed by atoms with van der Waals surface area (Å²) in [5.74, 6) is -0.395. The van der Waals surface area contributed by atoms with Crippen LogP contribution in [-0.2, 0) is 0 Å². The van der Waals surface area contributed by atoms with Crippen LogP contribution in [0.1, 0.15) is 0 Å². The Morgan fingerprint density at radius 3 is 2.53 bits per heavy atom. The lowest BCUT2D eigenvalue weighted by molar-refractivity contribution is 0.380. The van der Waals surface area contributed by atoms with E-state index in [2.05, 4.69) is 25.9 Å². The Morgan fingerprint density at radius 2 is 1.94 bits per heavy atom. The molecule has 0 aliphatic carbocycles. The van der Waals surface area contributed by atoms with Crippen molar-refractivity contribution in [3.8, 4) is 17.1 Å². The van der Waals surface area contributed by atoms with Gasteiger partial charge in [0.1, 0.15) is 5.82 Å². The first kappa shape index (κ1) is 11.8. The van der Waals surface area contributed by atoms with E-state index in [1.807, 2.05) is 0 Å². The summed E-state index contributed by atoms with van der Waals surface area (Å²) >= 11 is 3.10. The predicted molar refractivity (Wildman–Crippen MR) is 66.1 cm³/mol. The number of rotatable bonds is 2. The quantitative estimate of drug-likeness (QED) is 0.866. The molecule has 0 aliphatic heterocycles. The van der Waals surface area contributed by atoms with Crippen LogP contribution < -0.4 is 10.5 Å². The van der Waals surface area contributed by atoms with E-state index in [9.17, 15) is 4.39 Å². The number of anilines is 1. The molecule has 4 nitrogen and oxygen atoms in total. The number of hydrogen-bond acceptors (Lipinski definition) is 4. The summed E-state index contributed by atoms with van der Waals surface area (Å²) in [6, 6.07) is 3.27. The van der Waals surface area contributed by atoms with Crippen LogP contribution in [-0.4, -0.2) is 17.1 Å². The van der Waals surface area contributed by atoms with E-state index in [-0.39, 0.29) is 6.01 Å². The second-order valence-electron chi connectivity index (χ2n) is 3.32. The largest absolute Gasteiger partial charge is 0.467 e. The van der Waals surface area contributed by atoms with Gasteiger partial charge in [-0.15, -0.1) is 0 Å². The van der Waals surface area contributed by atoms with Gasteiger partial charge in [0.05, 0.1) is 11.6 Å². The third-order valence-electron chi connectivity index (χ3n) is 2.17. The van der Waals surface area contributed by atoms with Crippen molar-refractivity contribution in [3.05, 3.63) is 34.8 Å². The lowest BCUT2D eigenvalue weighted by Gasteiger charge is -2.06. The van der Waals surface area contributed by atoms with Crippen LogP contribution in [0.25, 0.3) is 11.1 Å². The van der Waals surface area contributed by atoms with Gasteiger partial charge in [-0.25, -0.2) is 14.4 Å². The first-order valence-electron chi connectivity index (χ1n) is 4.72. The van der Waals surface area contributed by atoms with Gasteiger partial charge in [0.25, 0.3) is 0 Å². The molecule has 17 heavy (non-hydrogen) atoms.